The smallest absolute Gasteiger partial charge is 0.194 e. The van der Waals surface area contributed by atoms with Crippen molar-refractivity contribution in [2.45, 2.75) is 33.7 Å². The summed E-state index contributed by atoms with van der Waals surface area (Å²) in [7, 11) is 1.72. The van der Waals surface area contributed by atoms with Crippen LogP contribution in [0.5, 0.6) is 5.75 Å². The third-order valence-electron chi connectivity index (χ3n) is 5.20. The molecule has 1 aliphatic rings. The number of rotatable bonds is 7. The average Bonchev–Trinajstić information content (AvgIpc) is 3.14. The number of aromatic nitrogens is 1. The molecule has 0 amide bonds. The lowest BCUT2D eigenvalue weighted by atomic mass is 10.1. The second-order valence-electron chi connectivity index (χ2n) is 7.48. The Bertz CT molecular complexity index is 816. The highest BCUT2D eigenvalue weighted by molar-refractivity contribution is 14.0. The van der Waals surface area contributed by atoms with Crippen LogP contribution in [0.1, 0.15) is 29.5 Å². The van der Waals surface area contributed by atoms with Gasteiger partial charge in [-0.25, -0.2) is 0 Å². The zero-order valence-electron chi connectivity index (χ0n) is 18.5. The van der Waals surface area contributed by atoms with Gasteiger partial charge >= 0.3 is 0 Å². The van der Waals surface area contributed by atoms with Crippen molar-refractivity contribution in [3.63, 3.8) is 0 Å². The number of aliphatic imine (C=N–C) groups is 1. The molecule has 0 saturated carbocycles. The van der Waals surface area contributed by atoms with Crippen LogP contribution in [0.4, 0.5) is 0 Å². The Kier molecular flexibility index (Phi) is 9.90. The van der Waals surface area contributed by atoms with Gasteiger partial charge < -0.3 is 19.5 Å². The fourth-order valence-corrected chi connectivity index (χ4v) is 3.58. The van der Waals surface area contributed by atoms with Gasteiger partial charge in [-0.15, -0.1) is 24.0 Å². The number of ether oxygens (including phenoxy) is 1. The monoisotopic (exact) mass is 527 g/mol. The number of guanidine groups is 1. The van der Waals surface area contributed by atoms with Crippen LogP contribution in [0, 0.1) is 13.8 Å². The summed E-state index contributed by atoms with van der Waals surface area (Å²) in [6, 6.07) is 8.39. The first-order chi connectivity index (χ1) is 14.1. The van der Waals surface area contributed by atoms with Crippen LogP contribution in [-0.4, -0.2) is 67.3 Å². The molecule has 3 rings (SSSR count). The van der Waals surface area contributed by atoms with Crippen LogP contribution in [0.25, 0.3) is 0 Å². The van der Waals surface area contributed by atoms with E-state index in [1.807, 2.05) is 13.0 Å². The summed E-state index contributed by atoms with van der Waals surface area (Å²) in [5, 5.41) is 7.55. The van der Waals surface area contributed by atoms with Crippen molar-refractivity contribution in [1.29, 1.82) is 0 Å². The van der Waals surface area contributed by atoms with Crippen molar-refractivity contribution >= 4 is 29.9 Å². The highest BCUT2D eigenvalue weighted by Crippen LogP contribution is 2.19. The van der Waals surface area contributed by atoms with Gasteiger partial charge in [0.1, 0.15) is 11.5 Å². The SMILES string of the molecule is CCNC(=NCCc1ccc(C)c(OC)c1)N1CCN(Cc2cc(C)on2)CC1.I. The Labute approximate surface area is 196 Å². The topological polar surface area (TPSA) is 66.1 Å². The second kappa shape index (κ2) is 12.1. The molecule has 0 atom stereocenters. The van der Waals surface area contributed by atoms with Crippen molar-refractivity contribution in [1.82, 2.24) is 20.3 Å². The highest BCUT2D eigenvalue weighted by atomic mass is 127. The lowest BCUT2D eigenvalue weighted by molar-refractivity contribution is 0.169. The predicted octanol–water partition coefficient (Wildman–Crippen LogP) is 3.24. The maximum Gasteiger partial charge on any atom is 0.194 e. The zero-order chi connectivity index (χ0) is 20.6. The van der Waals surface area contributed by atoms with E-state index >= 15 is 0 Å². The summed E-state index contributed by atoms with van der Waals surface area (Å²) in [6.07, 6.45) is 0.900. The van der Waals surface area contributed by atoms with Gasteiger partial charge in [0.2, 0.25) is 0 Å². The van der Waals surface area contributed by atoms with Gasteiger partial charge in [0.25, 0.3) is 0 Å². The Morgan fingerprint density at radius 1 is 1.20 bits per heavy atom. The van der Waals surface area contributed by atoms with Gasteiger partial charge in [-0.05, 0) is 44.4 Å². The third-order valence-corrected chi connectivity index (χ3v) is 5.20. The number of hydrogen-bond acceptors (Lipinski definition) is 5. The molecule has 7 nitrogen and oxygen atoms in total. The quantitative estimate of drug-likeness (QED) is 0.339. The summed E-state index contributed by atoms with van der Waals surface area (Å²) in [5.74, 6) is 2.81. The summed E-state index contributed by atoms with van der Waals surface area (Å²) < 4.78 is 10.6. The van der Waals surface area contributed by atoms with Crippen LogP contribution in [-0.2, 0) is 13.0 Å². The van der Waals surface area contributed by atoms with Gasteiger partial charge in [0.15, 0.2) is 5.96 Å². The largest absolute Gasteiger partial charge is 0.496 e. The molecule has 1 aromatic carbocycles. The summed E-state index contributed by atoms with van der Waals surface area (Å²) in [5.41, 5.74) is 3.41. The molecule has 1 aliphatic heterocycles. The normalized spacial score (nSPS) is 15.1. The van der Waals surface area contributed by atoms with E-state index < -0.39 is 0 Å². The van der Waals surface area contributed by atoms with Gasteiger partial charge in [-0.1, -0.05) is 17.3 Å². The number of nitrogens with zero attached hydrogens (tertiary/aromatic N) is 4. The van der Waals surface area contributed by atoms with E-state index in [2.05, 4.69) is 52.3 Å². The highest BCUT2D eigenvalue weighted by Gasteiger charge is 2.20. The number of piperazine rings is 1. The molecule has 2 heterocycles. The number of benzene rings is 1. The Balaban J connectivity index is 0.00000320. The van der Waals surface area contributed by atoms with Gasteiger partial charge in [0.05, 0.1) is 12.8 Å². The van der Waals surface area contributed by atoms with E-state index in [-0.39, 0.29) is 24.0 Å². The molecule has 0 unspecified atom stereocenters. The van der Waals surface area contributed by atoms with E-state index in [0.717, 1.165) is 81.0 Å². The van der Waals surface area contributed by atoms with Gasteiger partial charge in [-0.3, -0.25) is 9.89 Å². The number of halogens is 1. The van der Waals surface area contributed by atoms with E-state index in [9.17, 15) is 0 Å². The van der Waals surface area contributed by atoms with E-state index in [1.54, 1.807) is 7.11 Å². The van der Waals surface area contributed by atoms with Crippen LogP contribution in [0.3, 0.4) is 0 Å². The summed E-state index contributed by atoms with van der Waals surface area (Å²) >= 11 is 0. The summed E-state index contributed by atoms with van der Waals surface area (Å²) in [6.45, 7) is 12.5. The minimum Gasteiger partial charge on any atom is -0.496 e. The molecule has 0 spiro atoms. The maximum atomic E-state index is 5.43. The average molecular weight is 527 g/mol. The predicted molar refractivity (Wildman–Crippen MR) is 131 cm³/mol. The first-order valence-corrected chi connectivity index (χ1v) is 10.4. The fraction of sp³-hybridized carbons (Fsp3) is 0.545. The van der Waals surface area contributed by atoms with Crippen molar-refractivity contribution in [2.24, 2.45) is 4.99 Å². The Hall–Kier alpha value is -1.81. The molecular formula is C22H34IN5O2. The van der Waals surface area contributed by atoms with Crippen LogP contribution >= 0.6 is 24.0 Å². The van der Waals surface area contributed by atoms with Crippen LogP contribution < -0.4 is 10.1 Å². The van der Waals surface area contributed by atoms with Crippen molar-refractivity contribution in [3.05, 3.63) is 46.8 Å². The third kappa shape index (κ3) is 6.87. The van der Waals surface area contributed by atoms with E-state index in [4.69, 9.17) is 14.3 Å². The van der Waals surface area contributed by atoms with Crippen molar-refractivity contribution < 1.29 is 9.26 Å². The lowest BCUT2D eigenvalue weighted by Gasteiger charge is -2.36. The molecule has 0 bridgehead atoms. The number of methoxy groups -OCH3 is 1. The van der Waals surface area contributed by atoms with Crippen LogP contribution in [0.15, 0.2) is 33.8 Å². The lowest BCUT2D eigenvalue weighted by Crippen LogP contribution is -2.52. The molecule has 166 valence electrons. The van der Waals surface area contributed by atoms with Crippen molar-refractivity contribution in [2.75, 3.05) is 46.4 Å². The molecule has 2 aromatic rings. The van der Waals surface area contributed by atoms with E-state index in [1.165, 1.54) is 5.56 Å². The molecule has 1 N–H and O–H groups in total. The maximum absolute atomic E-state index is 5.43. The van der Waals surface area contributed by atoms with E-state index in [0.29, 0.717) is 0 Å². The fourth-order valence-electron chi connectivity index (χ4n) is 3.58. The minimum absolute atomic E-state index is 0. The van der Waals surface area contributed by atoms with Crippen molar-refractivity contribution in [3.8, 4) is 5.75 Å². The molecule has 1 aromatic heterocycles. The first kappa shape index (κ1) is 24.5. The Morgan fingerprint density at radius 3 is 2.60 bits per heavy atom. The molecule has 0 radical (unpaired) electrons. The molecule has 8 heteroatoms. The molecule has 1 saturated heterocycles. The second-order valence-corrected chi connectivity index (χ2v) is 7.48. The number of aryl methyl sites for hydroxylation is 2. The molecule has 30 heavy (non-hydrogen) atoms. The molecule has 0 aliphatic carbocycles. The first-order valence-electron chi connectivity index (χ1n) is 10.4. The number of nitrogens with one attached hydrogen (secondary N) is 1. The standard InChI is InChI=1S/C22H33N5O2.HI/c1-5-23-22(24-9-8-19-7-6-17(2)21(15-19)28-4)27-12-10-26(11-13-27)16-20-14-18(3)29-25-20;/h6-7,14-15H,5,8-13,16H2,1-4H3,(H,23,24);1H. The Morgan fingerprint density at radius 2 is 1.97 bits per heavy atom. The zero-order valence-corrected chi connectivity index (χ0v) is 20.8. The minimum atomic E-state index is 0. The number of hydrogen-bond donors (Lipinski definition) is 1. The van der Waals surface area contributed by atoms with Gasteiger partial charge in [-0.2, -0.15) is 0 Å². The van der Waals surface area contributed by atoms with Crippen LogP contribution in [0.2, 0.25) is 0 Å². The molecular weight excluding hydrogens is 493 g/mol. The van der Waals surface area contributed by atoms with Gasteiger partial charge in [0, 0.05) is 51.9 Å². The molecule has 1 fully saturated rings. The summed E-state index contributed by atoms with van der Waals surface area (Å²) in [4.78, 5) is 9.63.